The van der Waals surface area contributed by atoms with Crippen LogP contribution in [0.2, 0.25) is 0 Å². The second-order valence-electron chi connectivity index (χ2n) is 8.22. The highest BCUT2D eigenvalue weighted by atomic mass is 127. The van der Waals surface area contributed by atoms with E-state index in [1.54, 1.807) is 0 Å². The van der Waals surface area contributed by atoms with Crippen molar-refractivity contribution < 1.29 is 9.47 Å². The first kappa shape index (κ1) is 25.5. The van der Waals surface area contributed by atoms with Crippen LogP contribution >= 0.6 is 35.7 Å². The van der Waals surface area contributed by atoms with E-state index in [4.69, 9.17) is 14.5 Å². The van der Waals surface area contributed by atoms with E-state index in [-0.39, 0.29) is 24.0 Å². The molecule has 2 aliphatic heterocycles. The molecule has 3 aliphatic rings. The molecule has 6 nitrogen and oxygen atoms in total. The van der Waals surface area contributed by atoms with Crippen LogP contribution in [0, 0.1) is 0 Å². The third-order valence-corrected chi connectivity index (χ3v) is 7.12. The lowest BCUT2D eigenvalue weighted by Gasteiger charge is -2.42. The van der Waals surface area contributed by atoms with Gasteiger partial charge in [0.2, 0.25) is 0 Å². The summed E-state index contributed by atoms with van der Waals surface area (Å²) < 4.78 is 11.4. The van der Waals surface area contributed by atoms with Crippen LogP contribution in [0.1, 0.15) is 51.9 Å². The van der Waals surface area contributed by atoms with Gasteiger partial charge in [0, 0.05) is 56.4 Å². The molecular formula is C21H41IN4O2S. The van der Waals surface area contributed by atoms with Crippen molar-refractivity contribution in [2.45, 2.75) is 63.5 Å². The number of thioether (sulfide) groups is 1. The van der Waals surface area contributed by atoms with Gasteiger partial charge >= 0.3 is 0 Å². The van der Waals surface area contributed by atoms with Crippen molar-refractivity contribution in [3.05, 3.63) is 0 Å². The number of nitrogens with zero attached hydrogens (tertiary/aromatic N) is 2. The number of guanidine groups is 1. The quantitative estimate of drug-likeness (QED) is 0.192. The zero-order valence-electron chi connectivity index (χ0n) is 18.1. The minimum absolute atomic E-state index is 0. The summed E-state index contributed by atoms with van der Waals surface area (Å²) in [6, 6.07) is 0. The molecule has 1 aliphatic carbocycles. The van der Waals surface area contributed by atoms with Gasteiger partial charge in [-0.15, -0.1) is 24.0 Å². The van der Waals surface area contributed by atoms with Crippen molar-refractivity contribution in [2.24, 2.45) is 4.99 Å². The van der Waals surface area contributed by atoms with Gasteiger partial charge < -0.3 is 20.1 Å². The monoisotopic (exact) mass is 540 g/mol. The first-order valence-corrected chi connectivity index (χ1v) is 12.5. The van der Waals surface area contributed by atoms with Gasteiger partial charge in [-0.25, -0.2) is 0 Å². The number of rotatable bonds is 10. The van der Waals surface area contributed by atoms with Crippen LogP contribution in [0.15, 0.2) is 4.99 Å². The van der Waals surface area contributed by atoms with Crippen LogP contribution in [0.25, 0.3) is 0 Å². The van der Waals surface area contributed by atoms with E-state index in [1.807, 2.05) is 0 Å². The minimum Gasteiger partial charge on any atom is -0.379 e. The summed E-state index contributed by atoms with van der Waals surface area (Å²) in [5.74, 6) is 3.50. The predicted octanol–water partition coefficient (Wildman–Crippen LogP) is 3.11. The van der Waals surface area contributed by atoms with Crippen LogP contribution in [-0.4, -0.2) is 86.6 Å². The molecular weight excluding hydrogens is 499 g/mol. The third kappa shape index (κ3) is 8.35. The molecule has 0 aromatic rings. The van der Waals surface area contributed by atoms with Crippen molar-refractivity contribution >= 4 is 41.7 Å². The van der Waals surface area contributed by atoms with Crippen molar-refractivity contribution in [3.63, 3.8) is 0 Å². The minimum atomic E-state index is 0. The Bertz CT molecular complexity index is 466. The molecule has 0 spiro atoms. The summed E-state index contributed by atoms with van der Waals surface area (Å²) >= 11 is 2.09. The Hall–Kier alpha value is 0.230. The molecule has 1 atom stereocenters. The maximum atomic E-state index is 5.76. The highest BCUT2D eigenvalue weighted by molar-refractivity contribution is 14.0. The lowest BCUT2D eigenvalue weighted by molar-refractivity contribution is 0.0168. The van der Waals surface area contributed by atoms with E-state index in [9.17, 15) is 0 Å². The number of hydrogen-bond acceptors (Lipinski definition) is 5. The largest absolute Gasteiger partial charge is 0.379 e. The van der Waals surface area contributed by atoms with Gasteiger partial charge in [0.1, 0.15) is 0 Å². The standard InChI is InChI=1S/C21H40N4O2S.HI/c1-2-22-20(23-10-6-13-26-17-19-7-5-14-27-19)24-18-21(8-3-4-9-21)25-11-15-28-16-12-25;/h19H,2-18H2,1H3,(H2,22,23,24);1H. The maximum Gasteiger partial charge on any atom is 0.191 e. The van der Waals surface area contributed by atoms with Crippen molar-refractivity contribution in [1.29, 1.82) is 0 Å². The molecule has 0 amide bonds. The molecule has 0 bridgehead atoms. The Kier molecular flexibility index (Phi) is 12.6. The number of hydrogen-bond donors (Lipinski definition) is 2. The number of aliphatic imine (C=N–C) groups is 1. The van der Waals surface area contributed by atoms with Crippen LogP contribution in [0.5, 0.6) is 0 Å². The molecule has 2 heterocycles. The molecule has 1 saturated carbocycles. The van der Waals surface area contributed by atoms with E-state index in [0.717, 1.165) is 58.3 Å². The van der Waals surface area contributed by atoms with Gasteiger partial charge in [-0.3, -0.25) is 9.89 Å². The van der Waals surface area contributed by atoms with E-state index < -0.39 is 0 Å². The van der Waals surface area contributed by atoms with Crippen molar-refractivity contribution in [2.75, 3.05) is 64.1 Å². The van der Waals surface area contributed by atoms with Crippen molar-refractivity contribution in [3.8, 4) is 0 Å². The topological polar surface area (TPSA) is 58.1 Å². The fourth-order valence-electron chi connectivity index (χ4n) is 4.58. The predicted molar refractivity (Wildman–Crippen MR) is 134 cm³/mol. The molecule has 3 fully saturated rings. The van der Waals surface area contributed by atoms with E-state index in [0.29, 0.717) is 11.6 Å². The zero-order chi connectivity index (χ0) is 19.5. The summed E-state index contributed by atoms with van der Waals surface area (Å²) in [7, 11) is 0. The first-order valence-electron chi connectivity index (χ1n) is 11.4. The number of halogens is 1. The van der Waals surface area contributed by atoms with E-state index >= 15 is 0 Å². The normalized spacial score (nSPS) is 25.0. The fourth-order valence-corrected chi connectivity index (χ4v) is 5.49. The van der Waals surface area contributed by atoms with Gasteiger partial charge in [-0.1, -0.05) is 12.8 Å². The number of nitrogens with one attached hydrogen (secondary N) is 2. The molecule has 0 aromatic carbocycles. The zero-order valence-corrected chi connectivity index (χ0v) is 21.3. The summed E-state index contributed by atoms with van der Waals surface area (Å²) in [4.78, 5) is 7.75. The van der Waals surface area contributed by atoms with Crippen molar-refractivity contribution in [1.82, 2.24) is 15.5 Å². The summed E-state index contributed by atoms with van der Waals surface area (Å²) in [6.07, 6.45) is 8.95. The van der Waals surface area contributed by atoms with Crippen LogP contribution in [0.3, 0.4) is 0 Å². The Morgan fingerprint density at radius 1 is 1.21 bits per heavy atom. The summed E-state index contributed by atoms with van der Waals surface area (Å²) in [5.41, 5.74) is 0.299. The van der Waals surface area contributed by atoms with Gasteiger partial charge in [-0.2, -0.15) is 11.8 Å². The SMILES string of the molecule is CCNC(=NCC1(N2CCSCC2)CCCC1)NCCCOCC1CCCO1.I. The van der Waals surface area contributed by atoms with E-state index in [2.05, 4.69) is 34.2 Å². The Labute approximate surface area is 198 Å². The molecule has 0 radical (unpaired) electrons. The van der Waals surface area contributed by atoms with Gasteiger partial charge in [-0.05, 0) is 39.0 Å². The second-order valence-corrected chi connectivity index (χ2v) is 9.44. The number of ether oxygens (including phenoxy) is 2. The molecule has 170 valence electrons. The molecule has 2 saturated heterocycles. The van der Waals surface area contributed by atoms with Crippen LogP contribution in [0.4, 0.5) is 0 Å². The summed E-state index contributed by atoms with van der Waals surface area (Å²) in [5, 5.41) is 6.92. The molecule has 2 N–H and O–H groups in total. The molecule has 29 heavy (non-hydrogen) atoms. The lowest BCUT2D eigenvalue weighted by Crippen LogP contribution is -2.53. The molecule has 0 aromatic heterocycles. The molecule has 1 unspecified atom stereocenters. The van der Waals surface area contributed by atoms with Gasteiger partial charge in [0.25, 0.3) is 0 Å². The maximum absolute atomic E-state index is 5.76. The van der Waals surface area contributed by atoms with Gasteiger partial charge in [0.05, 0.1) is 19.3 Å². The lowest BCUT2D eigenvalue weighted by atomic mass is 9.95. The average molecular weight is 541 g/mol. The Morgan fingerprint density at radius 3 is 2.69 bits per heavy atom. The smallest absolute Gasteiger partial charge is 0.191 e. The Morgan fingerprint density at radius 2 is 2.00 bits per heavy atom. The molecule has 3 rings (SSSR count). The molecule has 8 heteroatoms. The average Bonchev–Trinajstić information content (AvgIpc) is 3.42. The Balaban J connectivity index is 0.00000300. The highest BCUT2D eigenvalue weighted by Gasteiger charge is 2.39. The van der Waals surface area contributed by atoms with Crippen LogP contribution in [-0.2, 0) is 9.47 Å². The van der Waals surface area contributed by atoms with E-state index in [1.165, 1.54) is 56.7 Å². The highest BCUT2D eigenvalue weighted by Crippen LogP contribution is 2.37. The third-order valence-electron chi connectivity index (χ3n) is 6.18. The second kappa shape index (κ2) is 14.3. The summed E-state index contributed by atoms with van der Waals surface area (Å²) in [6.45, 7) is 9.72. The van der Waals surface area contributed by atoms with Gasteiger partial charge in [0.15, 0.2) is 5.96 Å². The first-order chi connectivity index (χ1) is 13.8. The fraction of sp³-hybridized carbons (Fsp3) is 0.952. The van der Waals surface area contributed by atoms with Crippen LogP contribution < -0.4 is 10.6 Å².